The minimum Gasteiger partial charge on any atom is -0.346 e. The van der Waals surface area contributed by atoms with Crippen molar-refractivity contribution < 1.29 is 0 Å². The SMILES string of the molecule is CCN(c1nc(C)c(CNC(C)C)s1)C(C)C. The zero-order valence-electron chi connectivity index (χ0n) is 11.9. The third kappa shape index (κ3) is 3.96. The molecule has 0 aliphatic carbocycles. The van der Waals surface area contributed by atoms with Gasteiger partial charge in [-0.05, 0) is 27.7 Å². The highest BCUT2D eigenvalue weighted by Gasteiger charge is 2.15. The lowest BCUT2D eigenvalue weighted by Crippen LogP contribution is -2.30. The summed E-state index contributed by atoms with van der Waals surface area (Å²) in [7, 11) is 0. The lowest BCUT2D eigenvalue weighted by atomic mass is 10.3. The van der Waals surface area contributed by atoms with Gasteiger partial charge in [-0.15, -0.1) is 11.3 Å². The Bertz CT molecular complexity index is 344. The van der Waals surface area contributed by atoms with E-state index in [4.69, 9.17) is 0 Å². The first-order valence-electron chi connectivity index (χ1n) is 6.42. The normalized spacial score (nSPS) is 11.5. The van der Waals surface area contributed by atoms with Crippen LogP contribution in [0.3, 0.4) is 0 Å². The summed E-state index contributed by atoms with van der Waals surface area (Å²) in [6.45, 7) is 15.0. The van der Waals surface area contributed by atoms with Crippen molar-refractivity contribution in [2.75, 3.05) is 11.4 Å². The Hall–Kier alpha value is -0.610. The largest absolute Gasteiger partial charge is 0.346 e. The van der Waals surface area contributed by atoms with Gasteiger partial charge in [-0.3, -0.25) is 0 Å². The van der Waals surface area contributed by atoms with Gasteiger partial charge < -0.3 is 10.2 Å². The molecule has 0 atom stereocenters. The molecule has 1 heterocycles. The van der Waals surface area contributed by atoms with Gasteiger partial charge in [-0.1, -0.05) is 13.8 Å². The van der Waals surface area contributed by atoms with Crippen molar-refractivity contribution in [3.8, 4) is 0 Å². The molecular weight excluding hydrogens is 230 g/mol. The minimum atomic E-state index is 0.511. The zero-order valence-corrected chi connectivity index (χ0v) is 12.7. The number of hydrogen-bond acceptors (Lipinski definition) is 4. The Morgan fingerprint density at radius 1 is 1.29 bits per heavy atom. The van der Waals surface area contributed by atoms with Crippen molar-refractivity contribution >= 4 is 16.5 Å². The number of aromatic nitrogens is 1. The van der Waals surface area contributed by atoms with Crippen molar-refractivity contribution in [2.24, 2.45) is 0 Å². The Labute approximate surface area is 109 Å². The molecule has 0 saturated carbocycles. The molecule has 0 spiro atoms. The fourth-order valence-corrected chi connectivity index (χ4v) is 2.93. The first kappa shape index (κ1) is 14.5. The second-order valence-corrected chi connectivity index (χ2v) is 5.98. The molecular formula is C13H25N3S. The van der Waals surface area contributed by atoms with E-state index >= 15 is 0 Å². The van der Waals surface area contributed by atoms with E-state index in [2.05, 4.69) is 56.7 Å². The van der Waals surface area contributed by atoms with Crippen LogP contribution in [-0.2, 0) is 6.54 Å². The van der Waals surface area contributed by atoms with E-state index < -0.39 is 0 Å². The predicted octanol–water partition coefficient (Wildman–Crippen LogP) is 3.18. The monoisotopic (exact) mass is 255 g/mol. The molecule has 17 heavy (non-hydrogen) atoms. The number of aryl methyl sites for hydroxylation is 1. The van der Waals surface area contributed by atoms with Gasteiger partial charge in [0.25, 0.3) is 0 Å². The first-order chi connectivity index (χ1) is 7.95. The van der Waals surface area contributed by atoms with Gasteiger partial charge in [0, 0.05) is 30.1 Å². The van der Waals surface area contributed by atoms with Crippen LogP contribution in [0.5, 0.6) is 0 Å². The molecule has 0 aromatic carbocycles. The molecule has 0 unspecified atom stereocenters. The summed E-state index contributed by atoms with van der Waals surface area (Å²) in [5, 5.41) is 4.61. The van der Waals surface area contributed by atoms with Crippen LogP contribution in [0.1, 0.15) is 45.2 Å². The maximum atomic E-state index is 4.69. The fraction of sp³-hybridized carbons (Fsp3) is 0.769. The van der Waals surface area contributed by atoms with Gasteiger partial charge in [-0.2, -0.15) is 0 Å². The van der Waals surface area contributed by atoms with Gasteiger partial charge in [0.2, 0.25) is 0 Å². The quantitative estimate of drug-likeness (QED) is 0.846. The standard InChI is InChI=1S/C13H25N3S/c1-7-16(10(4)5)13-15-11(6)12(17-13)8-14-9(2)3/h9-10,14H,7-8H2,1-6H3. The van der Waals surface area contributed by atoms with E-state index in [0.717, 1.165) is 23.9 Å². The molecule has 1 N–H and O–H groups in total. The van der Waals surface area contributed by atoms with Crippen molar-refractivity contribution in [1.29, 1.82) is 0 Å². The molecule has 3 nitrogen and oxygen atoms in total. The van der Waals surface area contributed by atoms with Gasteiger partial charge in [-0.25, -0.2) is 4.98 Å². The van der Waals surface area contributed by atoms with E-state index in [1.54, 1.807) is 0 Å². The van der Waals surface area contributed by atoms with Crippen molar-refractivity contribution in [3.05, 3.63) is 10.6 Å². The predicted molar refractivity (Wildman–Crippen MR) is 77.0 cm³/mol. The third-order valence-corrected chi connectivity index (χ3v) is 3.96. The van der Waals surface area contributed by atoms with Crippen LogP contribution in [0.25, 0.3) is 0 Å². The number of nitrogens with zero attached hydrogens (tertiary/aromatic N) is 2. The smallest absolute Gasteiger partial charge is 0.186 e. The summed E-state index contributed by atoms with van der Waals surface area (Å²) in [6.07, 6.45) is 0. The number of rotatable bonds is 6. The molecule has 0 aliphatic heterocycles. The van der Waals surface area contributed by atoms with Crippen LogP contribution in [0.2, 0.25) is 0 Å². The maximum absolute atomic E-state index is 4.69. The van der Waals surface area contributed by atoms with Gasteiger partial charge in [0.15, 0.2) is 5.13 Å². The first-order valence-corrected chi connectivity index (χ1v) is 7.23. The van der Waals surface area contributed by atoms with Gasteiger partial charge in [0.1, 0.15) is 0 Å². The number of anilines is 1. The maximum Gasteiger partial charge on any atom is 0.186 e. The molecule has 0 fully saturated rings. The van der Waals surface area contributed by atoms with Crippen molar-refractivity contribution in [1.82, 2.24) is 10.3 Å². The second-order valence-electron chi connectivity index (χ2n) is 4.92. The summed E-state index contributed by atoms with van der Waals surface area (Å²) in [6, 6.07) is 1.03. The highest BCUT2D eigenvalue weighted by atomic mass is 32.1. The van der Waals surface area contributed by atoms with E-state index in [0.29, 0.717) is 12.1 Å². The van der Waals surface area contributed by atoms with Crippen LogP contribution >= 0.6 is 11.3 Å². The molecule has 1 rings (SSSR count). The van der Waals surface area contributed by atoms with E-state index in [-0.39, 0.29) is 0 Å². The van der Waals surface area contributed by atoms with Crippen molar-refractivity contribution in [2.45, 2.75) is 60.2 Å². The Morgan fingerprint density at radius 3 is 2.41 bits per heavy atom. The van der Waals surface area contributed by atoms with E-state index in [1.807, 2.05) is 11.3 Å². The highest BCUT2D eigenvalue weighted by Crippen LogP contribution is 2.27. The molecule has 98 valence electrons. The van der Waals surface area contributed by atoms with Crippen LogP contribution in [-0.4, -0.2) is 23.6 Å². The minimum absolute atomic E-state index is 0.511. The van der Waals surface area contributed by atoms with Gasteiger partial charge >= 0.3 is 0 Å². The molecule has 0 saturated heterocycles. The van der Waals surface area contributed by atoms with Crippen LogP contribution in [0.4, 0.5) is 5.13 Å². The Kier molecular flexibility index (Phi) is 5.40. The van der Waals surface area contributed by atoms with Crippen LogP contribution < -0.4 is 10.2 Å². The van der Waals surface area contributed by atoms with E-state index in [9.17, 15) is 0 Å². The Balaban J connectivity index is 2.79. The third-order valence-electron chi connectivity index (χ3n) is 2.76. The second kappa shape index (κ2) is 6.36. The number of hydrogen-bond donors (Lipinski definition) is 1. The summed E-state index contributed by atoms with van der Waals surface area (Å²) in [4.78, 5) is 8.38. The zero-order chi connectivity index (χ0) is 13.0. The summed E-state index contributed by atoms with van der Waals surface area (Å²) in [5.41, 5.74) is 1.16. The average molecular weight is 255 g/mol. The molecule has 1 aromatic rings. The number of nitrogens with one attached hydrogen (secondary N) is 1. The average Bonchev–Trinajstić information content (AvgIpc) is 2.57. The summed E-state index contributed by atoms with van der Waals surface area (Å²) >= 11 is 1.81. The van der Waals surface area contributed by atoms with Gasteiger partial charge in [0.05, 0.1) is 5.69 Å². The lowest BCUT2D eigenvalue weighted by molar-refractivity contribution is 0.591. The molecule has 0 amide bonds. The fourth-order valence-electron chi connectivity index (χ4n) is 1.72. The highest BCUT2D eigenvalue weighted by molar-refractivity contribution is 7.15. The van der Waals surface area contributed by atoms with Crippen LogP contribution in [0, 0.1) is 6.92 Å². The van der Waals surface area contributed by atoms with E-state index in [1.165, 1.54) is 4.88 Å². The summed E-state index contributed by atoms with van der Waals surface area (Å²) in [5.74, 6) is 0. The topological polar surface area (TPSA) is 28.2 Å². The summed E-state index contributed by atoms with van der Waals surface area (Å²) < 4.78 is 0. The van der Waals surface area contributed by atoms with Crippen LogP contribution in [0.15, 0.2) is 0 Å². The lowest BCUT2D eigenvalue weighted by Gasteiger charge is -2.24. The molecule has 0 aliphatic rings. The molecule has 0 radical (unpaired) electrons. The molecule has 0 bridgehead atoms. The van der Waals surface area contributed by atoms with Crippen molar-refractivity contribution in [3.63, 3.8) is 0 Å². The molecule has 1 aromatic heterocycles. The number of thiazole rings is 1. The molecule has 4 heteroatoms. The Morgan fingerprint density at radius 2 is 1.94 bits per heavy atom.